The topological polar surface area (TPSA) is 104 Å². The van der Waals surface area contributed by atoms with Gasteiger partial charge in [-0.1, -0.05) is 11.2 Å². The van der Waals surface area contributed by atoms with Crippen LogP contribution in [0.5, 0.6) is 11.5 Å². The number of amides is 2. The quantitative estimate of drug-likeness (QED) is 0.506. The van der Waals surface area contributed by atoms with Gasteiger partial charge in [0.15, 0.2) is 17.2 Å². The molecule has 9 nitrogen and oxygen atoms in total. The number of nitrogens with zero attached hydrogens (tertiary/aromatic N) is 2. The van der Waals surface area contributed by atoms with E-state index in [-0.39, 0.29) is 18.9 Å². The number of carbonyl (C=O) groups excluding carboxylic acids is 3. The zero-order valence-electron chi connectivity index (χ0n) is 15.3. The van der Waals surface area contributed by atoms with Crippen molar-refractivity contribution < 1.29 is 33.4 Å². The molecule has 9 heteroatoms. The van der Waals surface area contributed by atoms with Crippen LogP contribution in [0, 0.1) is 5.92 Å². The van der Waals surface area contributed by atoms with Gasteiger partial charge in [0.1, 0.15) is 5.92 Å². The van der Waals surface area contributed by atoms with Crippen molar-refractivity contribution in [2.24, 2.45) is 11.1 Å². The van der Waals surface area contributed by atoms with Gasteiger partial charge in [0, 0.05) is 6.54 Å². The SMILES string of the molecule is CCOC(=O)C1=NO[C@@H]2C(=O)N(CCc3ccc(OC)c(OC)c3)C(=O)[C@H]12. The van der Waals surface area contributed by atoms with Crippen molar-refractivity contribution in [2.75, 3.05) is 27.4 Å². The standard InChI is InChI=1S/C18H20N2O7/c1-4-26-18(23)14-13-15(27-19-14)17(22)20(16(13)21)8-7-10-5-6-11(24-2)12(9-10)25-3/h5-6,9,13,15H,4,7-8H2,1-3H3/t13-,15+/m1/s1. The van der Waals surface area contributed by atoms with Gasteiger partial charge < -0.3 is 19.0 Å². The minimum atomic E-state index is -1.10. The van der Waals surface area contributed by atoms with Crippen LogP contribution in [0.25, 0.3) is 0 Å². The maximum Gasteiger partial charge on any atom is 0.357 e. The van der Waals surface area contributed by atoms with E-state index in [1.165, 1.54) is 7.11 Å². The van der Waals surface area contributed by atoms with Crippen LogP contribution in [-0.4, -0.2) is 61.9 Å². The highest BCUT2D eigenvalue weighted by molar-refractivity contribution is 6.43. The maximum absolute atomic E-state index is 12.7. The Morgan fingerprint density at radius 1 is 1.19 bits per heavy atom. The van der Waals surface area contributed by atoms with Crippen molar-refractivity contribution in [3.8, 4) is 11.5 Å². The molecular formula is C18H20N2O7. The zero-order valence-corrected chi connectivity index (χ0v) is 15.3. The Hall–Kier alpha value is -3.10. The third-order valence-corrected chi connectivity index (χ3v) is 4.46. The van der Waals surface area contributed by atoms with Crippen LogP contribution in [0.2, 0.25) is 0 Å². The summed E-state index contributed by atoms with van der Waals surface area (Å²) < 4.78 is 15.3. The third-order valence-electron chi connectivity index (χ3n) is 4.46. The Labute approximate surface area is 155 Å². The molecule has 0 N–H and O–H groups in total. The fraction of sp³-hybridized carbons (Fsp3) is 0.444. The first kappa shape index (κ1) is 18.7. The van der Waals surface area contributed by atoms with E-state index in [9.17, 15) is 14.4 Å². The second-order valence-corrected chi connectivity index (χ2v) is 5.97. The number of oxime groups is 1. The molecule has 0 unspecified atom stereocenters. The Bertz CT molecular complexity index is 805. The van der Waals surface area contributed by atoms with Crippen LogP contribution in [-0.2, 0) is 30.4 Å². The molecule has 3 rings (SSSR count). The van der Waals surface area contributed by atoms with Gasteiger partial charge in [-0.3, -0.25) is 14.5 Å². The average Bonchev–Trinajstić information content (AvgIpc) is 3.21. The van der Waals surface area contributed by atoms with Crippen molar-refractivity contribution >= 4 is 23.5 Å². The molecule has 0 bridgehead atoms. The highest BCUT2D eigenvalue weighted by atomic mass is 16.7. The number of fused-ring (bicyclic) bond motifs is 1. The second kappa shape index (κ2) is 7.65. The molecule has 2 aliphatic rings. The van der Waals surface area contributed by atoms with E-state index in [1.54, 1.807) is 26.2 Å². The van der Waals surface area contributed by atoms with Crippen LogP contribution in [0.15, 0.2) is 23.4 Å². The number of methoxy groups -OCH3 is 2. The molecule has 1 saturated heterocycles. The van der Waals surface area contributed by atoms with E-state index in [1.807, 2.05) is 6.07 Å². The first-order valence-corrected chi connectivity index (χ1v) is 8.48. The van der Waals surface area contributed by atoms with E-state index in [0.29, 0.717) is 17.9 Å². The van der Waals surface area contributed by atoms with Crippen LogP contribution in [0.1, 0.15) is 12.5 Å². The average molecular weight is 376 g/mol. The number of esters is 1. The van der Waals surface area contributed by atoms with E-state index >= 15 is 0 Å². The van der Waals surface area contributed by atoms with Gasteiger partial charge >= 0.3 is 5.97 Å². The molecule has 1 aromatic rings. The highest BCUT2D eigenvalue weighted by Crippen LogP contribution is 2.31. The number of ether oxygens (including phenoxy) is 3. The summed E-state index contributed by atoms with van der Waals surface area (Å²) in [6.45, 7) is 1.93. The largest absolute Gasteiger partial charge is 0.493 e. The van der Waals surface area contributed by atoms with Crippen LogP contribution < -0.4 is 9.47 Å². The lowest BCUT2D eigenvalue weighted by atomic mass is 10.00. The number of rotatable bonds is 7. The fourth-order valence-corrected chi connectivity index (χ4v) is 3.11. The van der Waals surface area contributed by atoms with Gasteiger partial charge in [0.25, 0.3) is 5.91 Å². The molecule has 1 aromatic carbocycles. The van der Waals surface area contributed by atoms with Gasteiger partial charge in [0.05, 0.1) is 20.8 Å². The van der Waals surface area contributed by atoms with Gasteiger partial charge in [-0.15, -0.1) is 0 Å². The lowest BCUT2D eigenvalue weighted by Crippen LogP contribution is -2.36. The zero-order chi connectivity index (χ0) is 19.6. The lowest BCUT2D eigenvalue weighted by molar-refractivity contribution is -0.143. The molecule has 0 radical (unpaired) electrons. The van der Waals surface area contributed by atoms with E-state index in [2.05, 4.69) is 5.16 Å². The smallest absolute Gasteiger partial charge is 0.357 e. The summed E-state index contributed by atoms with van der Waals surface area (Å²) in [4.78, 5) is 43.2. The van der Waals surface area contributed by atoms with E-state index in [0.717, 1.165) is 10.5 Å². The van der Waals surface area contributed by atoms with Gasteiger partial charge in [0.2, 0.25) is 12.0 Å². The maximum atomic E-state index is 12.7. The summed E-state index contributed by atoms with van der Waals surface area (Å²) in [6, 6.07) is 5.37. The van der Waals surface area contributed by atoms with Crippen molar-refractivity contribution in [2.45, 2.75) is 19.4 Å². The van der Waals surface area contributed by atoms with Gasteiger partial charge in [-0.05, 0) is 31.0 Å². The Morgan fingerprint density at radius 2 is 1.93 bits per heavy atom. The molecule has 2 amide bonds. The molecule has 0 aliphatic carbocycles. The summed E-state index contributed by atoms with van der Waals surface area (Å²) in [6.07, 6.45) is -0.675. The second-order valence-electron chi connectivity index (χ2n) is 5.97. The number of imide groups is 1. The molecule has 1 fully saturated rings. The van der Waals surface area contributed by atoms with Gasteiger partial charge in [-0.2, -0.15) is 0 Å². The molecule has 27 heavy (non-hydrogen) atoms. The number of likely N-dealkylation sites (tertiary alicyclic amines) is 1. The van der Waals surface area contributed by atoms with Gasteiger partial charge in [-0.25, -0.2) is 4.79 Å². The van der Waals surface area contributed by atoms with E-state index in [4.69, 9.17) is 19.0 Å². The predicted octanol–water partition coefficient (Wildman–Crippen LogP) is 0.549. The highest BCUT2D eigenvalue weighted by Gasteiger charge is 2.57. The van der Waals surface area contributed by atoms with E-state index < -0.39 is 29.8 Å². The Morgan fingerprint density at radius 3 is 2.59 bits per heavy atom. The first-order valence-electron chi connectivity index (χ1n) is 8.48. The number of carbonyl (C=O) groups is 3. The molecule has 0 aromatic heterocycles. The lowest BCUT2D eigenvalue weighted by Gasteiger charge is -2.16. The predicted molar refractivity (Wildman–Crippen MR) is 92.4 cm³/mol. The Balaban J connectivity index is 1.70. The molecule has 2 atom stereocenters. The molecule has 2 aliphatic heterocycles. The van der Waals surface area contributed by atoms with Crippen LogP contribution in [0.3, 0.4) is 0 Å². The van der Waals surface area contributed by atoms with Crippen LogP contribution in [0.4, 0.5) is 0 Å². The number of hydrogen-bond donors (Lipinski definition) is 0. The first-order chi connectivity index (χ1) is 13.0. The number of benzene rings is 1. The molecule has 0 saturated carbocycles. The van der Waals surface area contributed by atoms with Crippen molar-refractivity contribution in [1.82, 2.24) is 4.90 Å². The third kappa shape index (κ3) is 3.32. The summed E-state index contributed by atoms with van der Waals surface area (Å²) in [5.41, 5.74) is 0.708. The minimum absolute atomic E-state index is 0.139. The summed E-state index contributed by atoms with van der Waals surface area (Å²) in [7, 11) is 3.07. The van der Waals surface area contributed by atoms with Crippen molar-refractivity contribution in [3.63, 3.8) is 0 Å². The minimum Gasteiger partial charge on any atom is -0.493 e. The van der Waals surface area contributed by atoms with Crippen molar-refractivity contribution in [3.05, 3.63) is 23.8 Å². The fourth-order valence-electron chi connectivity index (χ4n) is 3.11. The summed E-state index contributed by atoms with van der Waals surface area (Å²) in [5.74, 6) is -1.64. The summed E-state index contributed by atoms with van der Waals surface area (Å²) >= 11 is 0. The monoisotopic (exact) mass is 376 g/mol. The Kier molecular flexibility index (Phi) is 5.29. The molecule has 0 spiro atoms. The molecular weight excluding hydrogens is 356 g/mol. The summed E-state index contributed by atoms with van der Waals surface area (Å²) in [5, 5.41) is 3.58. The number of hydrogen-bond acceptors (Lipinski definition) is 8. The molecule has 144 valence electrons. The normalized spacial score (nSPS) is 20.9. The molecule has 2 heterocycles. The van der Waals surface area contributed by atoms with Crippen molar-refractivity contribution in [1.29, 1.82) is 0 Å². The van der Waals surface area contributed by atoms with Crippen LogP contribution >= 0.6 is 0 Å².